The number of amides is 2. The molecule has 0 rings (SSSR count). The summed E-state index contributed by atoms with van der Waals surface area (Å²) >= 11 is 0. The molecular weight excluding hydrogens is 253 g/mol. The van der Waals surface area contributed by atoms with Crippen molar-refractivity contribution >= 4 is 12.0 Å². The second-order valence-corrected chi connectivity index (χ2v) is 3.37. The monoisotopic (exact) mass is 266 g/mol. The van der Waals surface area contributed by atoms with Crippen LogP contribution in [-0.2, 0) is 4.79 Å². The molecule has 0 aliphatic carbocycles. The van der Waals surface area contributed by atoms with Gasteiger partial charge in [-0.15, -0.1) is 6.42 Å². The van der Waals surface area contributed by atoms with Gasteiger partial charge in [-0.1, -0.05) is 5.92 Å². The van der Waals surface area contributed by atoms with Crippen LogP contribution in [0.4, 0.5) is 18.0 Å². The Morgan fingerprint density at radius 1 is 1.33 bits per heavy atom. The number of hydrogen-bond donors (Lipinski definition) is 1. The van der Waals surface area contributed by atoms with Crippen LogP contribution in [0, 0.1) is 12.3 Å². The van der Waals surface area contributed by atoms with Crippen LogP contribution >= 0.6 is 0 Å². The molecular formula is C10H13F3N2O3. The highest BCUT2D eigenvalue weighted by Crippen LogP contribution is 2.17. The fourth-order valence-corrected chi connectivity index (χ4v) is 1.20. The van der Waals surface area contributed by atoms with Crippen molar-refractivity contribution in [1.82, 2.24) is 9.80 Å². The van der Waals surface area contributed by atoms with Gasteiger partial charge < -0.3 is 14.9 Å². The van der Waals surface area contributed by atoms with Crippen LogP contribution < -0.4 is 0 Å². The van der Waals surface area contributed by atoms with E-state index in [-0.39, 0.29) is 18.0 Å². The maximum atomic E-state index is 12.2. The van der Waals surface area contributed by atoms with Crippen molar-refractivity contribution in [2.75, 3.05) is 26.2 Å². The van der Waals surface area contributed by atoms with Gasteiger partial charge in [-0.05, 0) is 6.92 Å². The van der Waals surface area contributed by atoms with Gasteiger partial charge in [0.15, 0.2) is 0 Å². The number of carboxylic acid groups (broad SMARTS) is 1. The van der Waals surface area contributed by atoms with Gasteiger partial charge in [-0.2, -0.15) is 13.2 Å². The van der Waals surface area contributed by atoms with E-state index in [0.29, 0.717) is 0 Å². The number of nitrogens with zero attached hydrogens (tertiary/aromatic N) is 2. The standard InChI is InChI=1S/C10H13F3N2O3/c1-3-5-14(4-2)9(18)15(6-8(16)17)7-10(11,12)13/h1H,4-7H2,2H3,(H,16,17). The van der Waals surface area contributed by atoms with Gasteiger partial charge in [0.25, 0.3) is 0 Å². The van der Waals surface area contributed by atoms with E-state index in [4.69, 9.17) is 11.5 Å². The van der Waals surface area contributed by atoms with Crippen molar-refractivity contribution in [1.29, 1.82) is 0 Å². The minimum Gasteiger partial charge on any atom is -0.480 e. The van der Waals surface area contributed by atoms with Crippen molar-refractivity contribution in [3.63, 3.8) is 0 Å². The summed E-state index contributed by atoms with van der Waals surface area (Å²) in [4.78, 5) is 23.3. The number of carbonyl (C=O) groups is 2. The summed E-state index contributed by atoms with van der Waals surface area (Å²) in [5.74, 6) is 0.597. The third kappa shape index (κ3) is 5.98. The maximum absolute atomic E-state index is 12.2. The lowest BCUT2D eigenvalue weighted by Crippen LogP contribution is -2.49. The summed E-state index contributed by atoms with van der Waals surface area (Å²) < 4.78 is 36.7. The fourth-order valence-electron chi connectivity index (χ4n) is 1.20. The van der Waals surface area contributed by atoms with Crippen molar-refractivity contribution in [2.45, 2.75) is 13.1 Å². The van der Waals surface area contributed by atoms with Crippen molar-refractivity contribution in [3.8, 4) is 12.3 Å². The molecule has 1 N–H and O–H groups in total. The van der Waals surface area contributed by atoms with Crippen LogP contribution in [0.1, 0.15) is 6.92 Å². The van der Waals surface area contributed by atoms with Crippen LogP contribution in [-0.4, -0.2) is 59.3 Å². The molecule has 0 saturated heterocycles. The van der Waals surface area contributed by atoms with E-state index < -0.39 is 31.3 Å². The molecule has 0 aromatic rings. The normalized spacial score (nSPS) is 10.6. The predicted octanol–water partition coefficient (Wildman–Crippen LogP) is 1.01. The zero-order valence-corrected chi connectivity index (χ0v) is 9.70. The number of carbonyl (C=O) groups excluding carboxylic acids is 1. The first-order valence-electron chi connectivity index (χ1n) is 4.97. The topological polar surface area (TPSA) is 60.9 Å². The first-order chi connectivity index (χ1) is 8.21. The first kappa shape index (κ1) is 16.1. The molecule has 0 saturated carbocycles. The zero-order chi connectivity index (χ0) is 14.3. The highest BCUT2D eigenvalue weighted by atomic mass is 19.4. The van der Waals surface area contributed by atoms with E-state index in [1.807, 2.05) is 0 Å². The van der Waals surface area contributed by atoms with Crippen molar-refractivity contribution in [2.24, 2.45) is 0 Å². The molecule has 0 atom stereocenters. The Morgan fingerprint density at radius 2 is 1.89 bits per heavy atom. The van der Waals surface area contributed by atoms with Crippen LogP contribution in [0.15, 0.2) is 0 Å². The fraction of sp³-hybridized carbons (Fsp3) is 0.600. The Hall–Kier alpha value is -1.91. The number of hydrogen-bond acceptors (Lipinski definition) is 2. The summed E-state index contributed by atoms with van der Waals surface area (Å²) in [6, 6.07) is -1.05. The molecule has 5 nitrogen and oxygen atoms in total. The second-order valence-electron chi connectivity index (χ2n) is 3.37. The van der Waals surface area contributed by atoms with Gasteiger partial charge in [0.1, 0.15) is 13.1 Å². The number of carboxylic acids is 1. The second kappa shape index (κ2) is 6.74. The predicted molar refractivity (Wildman–Crippen MR) is 56.7 cm³/mol. The van der Waals surface area contributed by atoms with E-state index in [0.717, 1.165) is 4.90 Å². The molecule has 0 heterocycles. The Morgan fingerprint density at radius 3 is 2.22 bits per heavy atom. The summed E-state index contributed by atoms with van der Waals surface area (Å²) in [5, 5.41) is 8.49. The van der Waals surface area contributed by atoms with Gasteiger partial charge >= 0.3 is 18.2 Å². The number of rotatable bonds is 5. The summed E-state index contributed by atoms with van der Waals surface area (Å²) in [6.07, 6.45) is 0.304. The summed E-state index contributed by atoms with van der Waals surface area (Å²) in [7, 11) is 0. The summed E-state index contributed by atoms with van der Waals surface area (Å²) in [5.41, 5.74) is 0. The van der Waals surface area contributed by atoms with Gasteiger partial charge in [0.05, 0.1) is 6.54 Å². The lowest BCUT2D eigenvalue weighted by molar-refractivity contribution is -0.149. The lowest BCUT2D eigenvalue weighted by Gasteiger charge is -2.28. The van der Waals surface area contributed by atoms with E-state index in [1.165, 1.54) is 6.92 Å². The van der Waals surface area contributed by atoms with Crippen LogP contribution in [0.2, 0.25) is 0 Å². The quantitative estimate of drug-likeness (QED) is 0.755. The largest absolute Gasteiger partial charge is 0.480 e. The molecule has 0 aromatic heterocycles. The van der Waals surface area contributed by atoms with E-state index in [9.17, 15) is 22.8 Å². The van der Waals surface area contributed by atoms with Crippen molar-refractivity contribution < 1.29 is 27.9 Å². The van der Waals surface area contributed by atoms with Crippen LogP contribution in [0.3, 0.4) is 0 Å². The number of terminal acetylenes is 1. The Kier molecular flexibility index (Phi) is 6.02. The van der Waals surface area contributed by atoms with Crippen LogP contribution in [0.5, 0.6) is 0 Å². The Labute approximate surface area is 102 Å². The molecule has 0 fully saturated rings. The van der Waals surface area contributed by atoms with E-state index in [1.54, 1.807) is 0 Å². The smallest absolute Gasteiger partial charge is 0.406 e. The number of halogens is 3. The Bertz CT molecular complexity index is 349. The SMILES string of the molecule is C#CCN(CC)C(=O)N(CC(=O)O)CC(F)(F)F. The molecule has 8 heteroatoms. The van der Waals surface area contributed by atoms with E-state index >= 15 is 0 Å². The zero-order valence-electron chi connectivity index (χ0n) is 9.70. The molecule has 0 aromatic carbocycles. The molecule has 0 aliphatic heterocycles. The average molecular weight is 266 g/mol. The molecule has 0 aliphatic rings. The number of aliphatic carboxylic acids is 1. The molecule has 18 heavy (non-hydrogen) atoms. The maximum Gasteiger partial charge on any atom is 0.406 e. The lowest BCUT2D eigenvalue weighted by atomic mass is 10.4. The third-order valence-corrected chi connectivity index (χ3v) is 1.90. The molecule has 0 unspecified atom stereocenters. The minimum atomic E-state index is -4.67. The van der Waals surface area contributed by atoms with Gasteiger partial charge in [0.2, 0.25) is 0 Å². The molecule has 0 radical (unpaired) electrons. The molecule has 0 spiro atoms. The van der Waals surface area contributed by atoms with Crippen LogP contribution in [0.25, 0.3) is 0 Å². The third-order valence-electron chi connectivity index (χ3n) is 1.90. The van der Waals surface area contributed by atoms with Gasteiger partial charge in [0, 0.05) is 6.54 Å². The summed E-state index contributed by atoms with van der Waals surface area (Å²) in [6.45, 7) is -1.21. The molecule has 0 bridgehead atoms. The highest BCUT2D eigenvalue weighted by molar-refractivity contribution is 5.80. The first-order valence-corrected chi connectivity index (χ1v) is 4.97. The van der Waals surface area contributed by atoms with E-state index in [2.05, 4.69) is 5.92 Å². The molecule has 102 valence electrons. The van der Waals surface area contributed by atoms with Crippen molar-refractivity contribution in [3.05, 3.63) is 0 Å². The van der Waals surface area contributed by atoms with Gasteiger partial charge in [-0.3, -0.25) is 4.79 Å². The Balaban J connectivity index is 4.89. The van der Waals surface area contributed by atoms with Gasteiger partial charge in [-0.25, -0.2) is 4.79 Å². The number of urea groups is 1. The average Bonchev–Trinajstić information content (AvgIpc) is 2.21. The molecule has 2 amide bonds. The minimum absolute atomic E-state index is 0.0943. The number of alkyl halides is 3. The highest BCUT2D eigenvalue weighted by Gasteiger charge is 2.35.